The molecule has 14 heavy (non-hydrogen) atoms. The summed E-state index contributed by atoms with van der Waals surface area (Å²) in [4.78, 5) is 22.2. The Kier molecular flexibility index (Phi) is 4.91. The van der Waals surface area contributed by atoms with Crippen molar-refractivity contribution in [2.45, 2.75) is 39.4 Å². The second kappa shape index (κ2) is 5.20. The lowest BCUT2D eigenvalue weighted by Crippen LogP contribution is -2.15. The van der Waals surface area contributed by atoms with Gasteiger partial charge in [-0.15, -0.1) is 0 Å². The van der Waals surface area contributed by atoms with Gasteiger partial charge in [0, 0.05) is 11.7 Å². The summed E-state index contributed by atoms with van der Waals surface area (Å²) in [5.41, 5.74) is 0. The first kappa shape index (κ1) is 13.2. The van der Waals surface area contributed by atoms with E-state index in [1.54, 1.807) is 6.92 Å². The molecule has 0 aliphatic carbocycles. The maximum atomic E-state index is 11.5. The number of rotatable bonds is 2. The molecule has 0 fully saturated rings. The number of ether oxygens (including phenoxy) is 1. The second-order valence-corrected chi connectivity index (χ2v) is 5.55. The van der Waals surface area contributed by atoms with Crippen LogP contribution in [0, 0.1) is 0 Å². The van der Waals surface area contributed by atoms with E-state index in [0.29, 0.717) is 0 Å². The zero-order valence-electron chi connectivity index (χ0n) is 9.21. The Hall–Kier alpha value is -0.770. The van der Waals surface area contributed by atoms with Gasteiger partial charge >= 0.3 is 5.97 Å². The van der Waals surface area contributed by atoms with Gasteiger partial charge in [-0.05, 0) is 13.0 Å². The number of carbonyl (C=O) groups is 2. The fraction of sp³-hybridized carbons (Fsp3) is 0.600. The van der Waals surface area contributed by atoms with Crippen LogP contribution >= 0.6 is 11.8 Å². The van der Waals surface area contributed by atoms with Crippen molar-refractivity contribution in [1.29, 1.82) is 0 Å². The molecule has 0 aliphatic rings. The summed E-state index contributed by atoms with van der Waals surface area (Å²) in [5, 5.41) is -0.213. The Labute approximate surface area is 88.9 Å². The molecule has 0 unspecified atom stereocenters. The van der Waals surface area contributed by atoms with Crippen LogP contribution in [-0.4, -0.2) is 15.8 Å². The molecule has 0 amide bonds. The minimum Gasteiger partial charge on any atom is -0.422 e. The molecule has 3 nitrogen and oxygen atoms in total. The van der Waals surface area contributed by atoms with E-state index in [9.17, 15) is 9.59 Å². The van der Waals surface area contributed by atoms with E-state index in [1.807, 2.05) is 20.8 Å². The molecule has 0 aromatic heterocycles. The van der Waals surface area contributed by atoms with Gasteiger partial charge < -0.3 is 4.74 Å². The summed E-state index contributed by atoms with van der Waals surface area (Å²) < 4.78 is 4.58. The molecule has 0 heterocycles. The molecule has 0 aromatic carbocycles. The lowest BCUT2D eigenvalue weighted by molar-refractivity contribution is -0.139. The van der Waals surface area contributed by atoms with Gasteiger partial charge in [0.15, 0.2) is 5.76 Å². The zero-order chi connectivity index (χ0) is 11.4. The molecular formula is C10H16O3S. The molecule has 4 heteroatoms. The van der Waals surface area contributed by atoms with Crippen molar-refractivity contribution in [1.82, 2.24) is 0 Å². The summed E-state index contributed by atoms with van der Waals surface area (Å²) in [5.74, 6) is -0.363. The maximum absolute atomic E-state index is 11.5. The van der Waals surface area contributed by atoms with Crippen LogP contribution < -0.4 is 0 Å². The van der Waals surface area contributed by atoms with Crippen LogP contribution in [0.2, 0.25) is 0 Å². The van der Waals surface area contributed by atoms with Gasteiger partial charge in [0.25, 0.3) is 5.12 Å². The van der Waals surface area contributed by atoms with Crippen molar-refractivity contribution in [2.75, 3.05) is 0 Å². The van der Waals surface area contributed by atoms with E-state index in [4.69, 9.17) is 4.74 Å². The number of hydrogen-bond donors (Lipinski definition) is 0. The van der Waals surface area contributed by atoms with E-state index in [-0.39, 0.29) is 15.6 Å². The van der Waals surface area contributed by atoms with E-state index < -0.39 is 5.97 Å². The van der Waals surface area contributed by atoms with Gasteiger partial charge in [-0.3, -0.25) is 9.59 Å². The van der Waals surface area contributed by atoms with Gasteiger partial charge in [0.05, 0.1) is 0 Å². The van der Waals surface area contributed by atoms with Gasteiger partial charge in [0.1, 0.15) is 0 Å². The SMILES string of the molecule is C/C=C(/OC(C)=O)C(=O)SC(C)(C)C. The number of hydrogen-bond acceptors (Lipinski definition) is 4. The first-order valence-corrected chi connectivity index (χ1v) is 5.16. The zero-order valence-corrected chi connectivity index (χ0v) is 10.0. The molecule has 0 spiro atoms. The monoisotopic (exact) mass is 216 g/mol. The Morgan fingerprint density at radius 1 is 1.29 bits per heavy atom. The maximum Gasteiger partial charge on any atom is 0.308 e. The highest BCUT2D eigenvalue weighted by molar-refractivity contribution is 8.15. The molecule has 0 N–H and O–H groups in total. The van der Waals surface area contributed by atoms with Crippen molar-refractivity contribution < 1.29 is 14.3 Å². The topological polar surface area (TPSA) is 43.4 Å². The van der Waals surface area contributed by atoms with E-state index >= 15 is 0 Å². The molecule has 0 saturated heterocycles. The van der Waals surface area contributed by atoms with Gasteiger partial charge in [0.2, 0.25) is 0 Å². The molecule has 0 radical (unpaired) electrons. The van der Waals surface area contributed by atoms with Crippen molar-refractivity contribution in [2.24, 2.45) is 0 Å². The smallest absolute Gasteiger partial charge is 0.308 e. The number of carbonyl (C=O) groups excluding carboxylic acids is 2. The van der Waals surface area contributed by atoms with Crippen LogP contribution in [0.1, 0.15) is 34.6 Å². The highest BCUT2D eigenvalue weighted by atomic mass is 32.2. The molecule has 0 aliphatic heterocycles. The largest absolute Gasteiger partial charge is 0.422 e. The Bertz CT molecular complexity index is 261. The highest BCUT2D eigenvalue weighted by Gasteiger charge is 2.21. The van der Waals surface area contributed by atoms with Crippen LogP contribution in [0.4, 0.5) is 0 Å². The Balaban J connectivity index is 4.43. The van der Waals surface area contributed by atoms with Crippen LogP contribution in [0.5, 0.6) is 0 Å². The minimum absolute atomic E-state index is 0.109. The van der Waals surface area contributed by atoms with E-state index in [0.717, 1.165) is 11.8 Å². The summed E-state index contributed by atoms with van der Waals surface area (Å²) >= 11 is 1.15. The average molecular weight is 216 g/mol. The van der Waals surface area contributed by atoms with Gasteiger partial charge in [-0.2, -0.15) is 0 Å². The fourth-order valence-corrected chi connectivity index (χ4v) is 1.52. The van der Waals surface area contributed by atoms with Crippen LogP contribution in [0.25, 0.3) is 0 Å². The first-order chi connectivity index (χ1) is 6.26. The van der Waals surface area contributed by atoms with Crippen molar-refractivity contribution in [3.8, 4) is 0 Å². The third kappa shape index (κ3) is 5.80. The normalized spacial score (nSPS) is 12.5. The molecule has 0 bridgehead atoms. The van der Waals surface area contributed by atoms with Gasteiger partial charge in [-0.25, -0.2) is 0 Å². The van der Waals surface area contributed by atoms with Crippen molar-refractivity contribution in [3.63, 3.8) is 0 Å². The third-order valence-corrected chi connectivity index (χ3v) is 2.11. The predicted octanol–water partition coefficient (Wildman–Crippen LogP) is 2.51. The van der Waals surface area contributed by atoms with Crippen LogP contribution in [-0.2, 0) is 14.3 Å². The molecule has 0 atom stereocenters. The number of thioether (sulfide) groups is 1. The third-order valence-electron chi connectivity index (χ3n) is 1.12. The lowest BCUT2D eigenvalue weighted by Gasteiger charge is -2.16. The molecule has 80 valence electrons. The van der Waals surface area contributed by atoms with Crippen molar-refractivity contribution in [3.05, 3.63) is 11.8 Å². The standard InChI is InChI=1S/C10H16O3S/c1-6-8(13-7(2)11)9(12)14-10(3,4)5/h6H,1-5H3/b8-6+. The fourth-order valence-electron chi connectivity index (χ4n) is 0.702. The minimum atomic E-state index is -0.471. The van der Waals surface area contributed by atoms with Crippen LogP contribution in [0.3, 0.4) is 0 Å². The molecular weight excluding hydrogens is 200 g/mol. The molecule has 0 rings (SSSR count). The molecule has 0 saturated carbocycles. The summed E-state index contributed by atoms with van der Waals surface area (Å²) in [7, 11) is 0. The number of esters is 1. The first-order valence-electron chi connectivity index (χ1n) is 4.34. The highest BCUT2D eigenvalue weighted by Crippen LogP contribution is 2.27. The molecule has 0 aromatic rings. The number of allylic oxidation sites excluding steroid dienone is 1. The quantitative estimate of drug-likeness (QED) is 0.404. The second-order valence-electron chi connectivity index (χ2n) is 3.75. The average Bonchev–Trinajstić information content (AvgIpc) is 1.96. The summed E-state index contributed by atoms with van der Waals surface area (Å²) in [6, 6.07) is 0. The van der Waals surface area contributed by atoms with Gasteiger partial charge in [-0.1, -0.05) is 32.5 Å². The van der Waals surface area contributed by atoms with E-state index in [2.05, 4.69) is 0 Å². The summed E-state index contributed by atoms with van der Waals surface area (Å²) in [6.07, 6.45) is 1.50. The lowest BCUT2D eigenvalue weighted by atomic mass is 10.3. The summed E-state index contributed by atoms with van der Waals surface area (Å²) in [6.45, 7) is 8.72. The van der Waals surface area contributed by atoms with Crippen LogP contribution in [0.15, 0.2) is 11.8 Å². The van der Waals surface area contributed by atoms with E-state index in [1.165, 1.54) is 13.0 Å². The predicted molar refractivity (Wildman–Crippen MR) is 57.9 cm³/mol. The Morgan fingerprint density at radius 3 is 2.07 bits per heavy atom. The van der Waals surface area contributed by atoms with Crippen molar-refractivity contribution >= 4 is 22.8 Å². The Morgan fingerprint density at radius 2 is 1.79 bits per heavy atom.